The molecule has 0 aromatic carbocycles. The second kappa shape index (κ2) is 6.90. The Bertz CT molecular complexity index is 354. The Morgan fingerprint density at radius 1 is 1.50 bits per heavy atom. The van der Waals surface area contributed by atoms with Crippen LogP contribution in [0.5, 0.6) is 0 Å². The highest BCUT2D eigenvalue weighted by Crippen LogP contribution is 2.09. The van der Waals surface area contributed by atoms with E-state index in [9.17, 15) is 4.79 Å². The smallest absolute Gasteiger partial charge is 0.307 e. The Hall–Kier alpha value is -0.870. The summed E-state index contributed by atoms with van der Waals surface area (Å²) in [4.78, 5) is 11.5. The topological polar surface area (TPSA) is 38.3 Å². The molecule has 0 aliphatic rings. The lowest BCUT2D eigenvalue weighted by Crippen LogP contribution is -2.32. The van der Waals surface area contributed by atoms with E-state index in [1.165, 1.54) is 5.56 Å². The standard InChI is InChI=1S/C14H23NO2S/c1-11(9-12-6-8-18-10-12)15-7-5-13(16)17-14(2,3)4/h6,8,10-11,15H,5,7,9H2,1-4H3. The first kappa shape index (κ1) is 15.2. The van der Waals surface area contributed by atoms with Gasteiger partial charge in [-0.2, -0.15) is 11.3 Å². The molecule has 4 heteroatoms. The lowest BCUT2D eigenvalue weighted by molar-refractivity contribution is -0.154. The van der Waals surface area contributed by atoms with Gasteiger partial charge in [-0.05, 0) is 56.5 Å². The zero-order chi connectivity index (χ0) is 13.6. The van der Waals surface area contributed by atoms with Gasteiger partial charge in [0.2, 0.25) is 0 Å². The van der Waals surface area contributed by atoms with Gasteiger partial charge in [-0.25, -0.2) is 0 Å². The van der Waals surface area contributed by atoms with Gasteiger partial charge in [0.05, 0.1) is 6.42 Å². The molecule has 0 aliphatic carbocycles. The van der Waals surface area contributed by atoms with Crippen molar-refractivity contribution in [1.29, 1.82) is 0 Å². The lowest BCUT2D eigenvalue weighted by Gasteiger charge is -2.20. The first-order valence-corrected chi connectivity index (χ1v) is 7.27. The predicted octanol–water partition coefficient (Wildman–Crippen LogP) is 3.00. The van der Waals surface area contributed by atoms with Crippen LogP contribution in [0.15, 0.2) is 16.8 Å². The molecule has 102 valence electrons. The molecule has 0 fully saturated rings. The van der Waals surface area contributed by atoms with Crippen LogP contribution in [0.25, 0.3) is 0 Å². The minimum absolute atomic E-state index is 0.141. The fraction of sp³-hybridized carbons (Fsp3) is 0.643. The average molecular weight is 269 g/mol. The lowest BCUT2D eigenvalue weighted by atomic mass is 10.1. The number of rotatable bonds is 6. The number of ether oxygens (including phenoxy) is 1. The van der Waals surface area contributed by atoms with Gasteiger partial charge in [0.25, 0.3) is 0 Å². The summed E-state index contributed by atoms with van der Waals surface area (Å²) in [7, 11) is 0. The van der Waals surface area contributed by atoms with Gasteiger partial charge >= 0.3 is 5.97 Å². The van der Waals surface area contributed by atoms with Crippen molar-refractivity contribution in [2.75, 3.05) is 6.54 Å². The molecular weight excluding hydrogens is 246 g/mol. The van der Waals surface area contributed by atoms with Crippen molar-refractivity contribution in [1.82, 2.24) is 5.32 Å². The van der Waals surface area contributed by atoms with E-state index in [-0.39, 0.29) is 11.6 Å². The summed E-state index contributed by atoms with van der Waals surface area (Å²) in [6, 6.07) is 2.51. The monoisotopic (exact) mass is 269 g/mol. The molecule has 1 heterocycles. The van der Waals surface area contributed by atoms with Gasteiger partial charge < -0.3 is 10.1 Å². The van der Waals surface area contributed by atoms with E-state index in [0.717, 1.165) is 6.42 Å². The molecule has 1 N–H and O–H groups in total. The van der Waals surface area contributed by atoms with Crippen molar-refractivity contribution >= 4 is 17.3 Å². The molecule has 1 atom stereocenters. The zero-order valence-corrected chi connectivity index (χ0v) is 12.5. The van der Waals surface area contributed by atoms with Crippen LogP contribution in [-0.2, 0) is 16.0 Å². The maximum Gasteiger partial charge on any atom is 0.307 e. The summed E-state index contributed by atoms with van der Waals surface area (Å²) in [6.07, 6.45) is 1.42. The maximum atomic E-state index is 11.5. The minimum atomic E-state index is -0.390. The first-order chi connectivity index (χ1) is 8.37. The van der Waals surface area contributed by atoms with Crippen LogP contribution in [0.2, 0.25) is 0 Å². The summed E-state index contributed by atoms with van der Waals surface area (Å²) in [5.74, 6) is -0.141. The Morgan fingerprint density at radius 2 is 2.22 bits per heavy atom. The van der Waals surface area contributed by atoms with Gasteiger partial charge in [0.15, 0.2) is 0 Å². The maximum absolute atomic E-state index is 11.5. The van der Waals surface area contributed by atoms with E-state index in [1.54, 1.807) is 11.3 Å². The first-order valence-electron chi connectivity index (χ1n) is 6.33. The molecule has 0 saturated carbocycles. The van der Waals surface area contributed by atoms with Crippen LogP contribution >= 0.6 is 11.3 Å². The van der Waals surface area contributed by atoms with Gasteiger partial charge in [-0.15, -0.1) is 0 Å². The summed E-state index contributed by atoms with van der Waals surface area (Å²) in [5, 5.41) is 7.59. The quantitative estimate of drug-likeness (QED) is 0.807. The summed E-state index contributed by atoms with van der Waals surface area (Å²) >= 11 is 1.71. The summed E-state index contributed by atoms with van der Waals surface area (Å²) < 4.78 is 5.25. The molecule has 0 bridgehead atoms. The Labute approximate surface area is 114 Å². The number of hydrogen-bond acceptors (Lipinski definition) is 4. The normalized spacial score (nSPS) is 13.3. The molecule has 1 aromatic heterocycles. The van der Waals surface area contributed by atoms with Crippen molar-refractivity contribution in [3.05, 3.63) is 22.4 Å². The SMILES string of the molecule is CC(Cc1ccsc1)NCCC(=O)OC(C)(C)C. The number of esters is 1. The van der Waals surface area contributed by atoms with Crippen LogP contribution < -0.4 is 5.32 Å². The minimum Gasteiger partial charge on any atom is -0.460 e. The van der Waals surface area contributed by atoms with Crippen LogP contribution in [-0.4, -0.2) is 24.2 Å². The van der Waals surface area contributed by atoms with Gasteiger partial charge in [0, 0.05) is 12.6 Å². The van der Waals surface area contributed by atoms with Crippen LogP contribution in [0.4, 0.5) is 0 Å². The summed E-state index contributed by atoms with van der Waals surface area (Å²) in [6.45, 7) is 8.46. The fourth-order valence-electron chi connectivity index (χ4n) is 1.65. The van der Waals surface area contributed by atoms with Crippen LogP contribution in [0, 0.1) is 0 Å². The van der Waals surface area contributed by atoms with Crippen molar-refractivity contribution in [3.63, 3.8) is 0 Å². The molecular formula is C14H23NO2S. The number of nitrogens with one attached hydrogen (secondary N) is 1. The highest BCUT2D eigenvalue weighted by molar-refractivity contribution is 7.07. The largest absolute Gasteiger partial charge is 0.460 e. The summed E-state index contributed by atoms with van der Waals surface area (Å²) in [5.41, 5.74) is 0.955. The Balaban J connectivity index is 2.15. The van der Waals surface area contributed by atoms with Gasteiger partial charge in [0.1, 0.15) is 5.60 Å². The predicted molar refractivity (Wildman–Crippen MR) is 75.9 cm³/mol. The number of carbonyl (C=O) groups is 1. The third-order valence-electron chi connectivity index (χ3n) is 2.36. The molecule has 0 spiro atoms. The Kier molecular flexibility index (Phi) is 5.82. The Morgan fingerprint density at radius 3 is 2.78 bits per heavy atom. The second-order valence-corrected chi connectivity index (χ2v) is 6.31. The van der Waals surface area contributed by atoms with Gasteiger partial charge in [-0.1, -0.05) is 0 Å². The molecule has 3 nitrogen and oxygen atoms in total. The van der Waals surface area contributed by atoms with Crippen molar-refractivity contribution < 1.29 is 9.53 Å². The van der Waals surface area contributed by atoms with E-state index in [1.807, 2.05) is 20.8 Å². The second-order valence-electron chi connectivity index (χ2n) is 5.53. The molecule has 0 radical (unpaired) electrons. The van der Waals surface area contributed by atoms with Crippen molar-refractivity contribution in [3.8, 4) is 0 Å². The molecule has 0 saturated heterocycles. The van der Waals surface area contributed by atoms with Crippen LogP contribution in [0.1, 0.15) is 39.7 Å². The molecule has 18 heavy (non-hydrogen) atoms. The number of hydrogen-bond donors (Lipinski definition) is 1. The highest BCUT2D eigenvalue weighted by atomic mass is 32.1. The van der Waals surface area contributed by atoms with E-state index >= 15 is 0 Å². The van der Waals surface area contributed by atoms with Gasteiger partial charge in [-0.3, -0.25) is 4.79 Å². The number of carbonyl (C=O) groups excluding carboxylic acids is 1. The van der Waals surface area contributed by atoms with E-state index in [2.05, 4.69) is 29.1 Å². The number of thiophene rings is 1. The van der Waals surface area contributed by atoms with Crippen LogP contribution in [0.3, 0.4) is 0 Å². The third-order valence-corrected chi connectivity index (χ3v) is 3.10. The zero-order valence-electron chi connectivity index (χ0n) is 11.7. The highest BCUT2D eigenvalue weighted by Gasteiger charge is 2.15. The van der Waals surface area contributed by atoms with E-state index < -0.39 is 0 Å². The molecule has 1 rings (SSSR count). The van der Waals surface area contributed by atoms with Crippen molar-refractivity contribution in [2.45, 2.75) is 52.2 Å². The average Bonchev–Trinajstić information content (AvgIpc) is 2.67. The van der Waals surface area contributed by atoms with E-state index in [4.69, 9.17) is 4.74 Å². The fourth-order valence-corrected chi connectivity index (χ4v) is 2.33. The molecule has 0 amide bonds. The van der Waals surface area contributed by atoms with Crippen molar-refractivity contribution in [2.24, 2.45) is 0 Å². The third kappa shape index (κ3) is 6.77. The molecule has 1 aromatic rings. The van der Waals surface area contributed by atoms with E-state index in [0.29, 0.717) is 19.0 Å². The molecule has 1 unspecified atom stereocenters. The molecule has 0 aliphatic heterocycles.